The fourth-order valence-corrected chi connectivity index (χ4v) is 10.9. The van der Waals surface area contributed by atoms with Crippen molar-refractivity contribution in [3.63, 3.8) is 0 Å². The second-order valence-corrected chi connectivity index (χ2v) is 16.4. The second-order valence-electron chi connectivity index (χ2n) is 16.4. The molecular weight excluding hydrogens is 636 g/mol. The summed E-state index contributed by atoms with van der Waals surface area (Å²) in [7, 11) is 0. The first kappa shape index (κ1) is 38.3. The van der Waals surface area contributed by atoms with E-state index in [4.69, 9.17) is 18.9 Å². The standard InChI is InChI=1S/C37H58O12/c1-18(17-46-35-34(45)33(44)32(43)29(16-38)49-35)7-10-27(41)19(2)31-28(48-21(4)40)14-26-24-9-8-22-13-23(47-20(3)39)11-12-36(22,5)25(24)15-30(42)37(26,31)6/h18-19,22-26,28-29,31-35,38,43-45H,7-17H2,1-6H3/t18-,19-,22+,23+,24-,25+,26+,28+,29-,31?,32-,33+,34-,35-,36+,37-/m1/s1. The van der Waals surface area contributed by atoms with Crippen molar-refractivity contribution < 1.29 is 58.6 Å². The fraction of sp³-hybridized carbons (Fsp3) is 0.892. The second kappa shape index (κ2) is 14.9. The minimum Gasteiger partial charge on any atom is -0.463 e. The van der Waals surface area contributed by atoms with Gasteiger partial charge in [-0.25, -0.2) is 0 Å². The van der Waals surface area contributed by atoms with Crippen molar-refractivity contribution in [2.24, 2.45) is 52.3 Å². The van der Waals surface area contributed by atoms with Crippen molar-refractivity contribution in [3.8, 4) is 0 Å². The minimum atomic E-state index is -1.53. The summed E-state index contributed by atoms with van der Waals surface area (Å²) in [5.41, 5.74) is -0.840. The number of esters is 2. The molecule has 12 heteroatoms. The molecule has 4 N–H and O–H groups in total. The monoisotopic (exact) mass is 694 g/mol. The number of ketones is 2. The number of ether oxygens (including phenoxy) is 4. The van der Waals surface area contributed by atoms with Gasteiger partial charge in [-0.3, -0.25) is 19.2 Å². The van der Waals surface area contributed by atoms with E-state index in [1.165, 1.54) is 13.8 Å². The summed E-state index contributed by atoms with van der Waals surface area (Å²) in [6, 6.07) is 0. The molecule has 5 rings (SSSR count). The van der Waals surface area contributed by atoms with E-state index in [0.717, 1.165) is 32.1 Å². The lowest BCUT2D eigenvalue weighted by Crippen LogP contribution is -2.59. The van der Waals surface area contributed by atoms with Crippen LogP contribution in [0.3, 0.4) is 0 Å². The predicted molar refractivity (Wildman–Crippen MR) is 174 cm³/mol. The number of rotatable bonds is 11. The normalized spacial score (nSPS) is 44.6. The molecule has 0 amide bonds. The van der Waals surface area contributed by atoms with Gasteiger partial charge < -0.3 is 39.4 Å². The number of aliphatic hydroxyl groups excluding tert-OH is 4. The third-order valence-corrected chi connectivity index (χ3v) is 13.5. The Morgan fingerprint density at radius 2 is 1.63 bits per heavy atom. The molecule has 1 unspecified atom stereocenters. The van der Waals surface area contributed by atoms with Crippen LogP contribution in [0.1, 0.15) is 99.3 Å². The Morgan fingerprint density at radius 3 is 2.29 bits per heavy atom. The average Bonchev–Trinajstić information content (AvgIpc) is 3.34. The molecule has 0 radical (unpaired) electrons. The van der Waals surface area contributed by atoms with E-state index in [1.54, 1.807) is 0 Å². The van der Waals surface area contributed by atoms with Gasteiger partial charge in [-0.15, -0.1) is 0 Å². The maximum absolute atomic E-state index is 14.4. The zero-order chi connectivity index (χ0) is 36.0. The van der Waals surface area contributed by atoms with Gasteiger partial charge in [0.2, 0.25) is 0 Å². The van der Waals surface area contributed by atoms with Crippen molar-refractivity contribution in [2.45, 2.75) is 142 Å². The Morgan fingerprint density at radius 1 is 0.939 bits per heavy atom. The summed E-state index contributed by atoms with van der Waals surface area (Å²) in [4.78, 5) is 52.3. The highest BCUT2D eigenvalue weighted by molar-refractivity contribution is 5.89. The number of hydrogen-bond donors (Lipinski definition) is 4. The highest BCUT2D eigenvalue weighted by Gasteiger charge is 2.67. The zero-order valence-electron chi connectivity index (χ0n) is 29.9. The van der Waals surface area contributed by atoms with Crippen molar-refractivity contribution in [3.05, 3.63) is 0 Å². The van der Waals surface area contributed by atoms with Gasteiger partial charge in [0.15, 0.2) is 6.29 Å². The number of Topliss-reactive ketones (excluding diaryl/α,β-unsaturated/α-hetero) is 2. The molecule has 0 aromatic rings. The van der Waals surface area contributed by atoms with Crippen LogP contribution < -0.4 is 0 Å². The fourth-order valence-electron chi connectivity index (χ4n) is 10.9. The molecule has 278 valence electrons. The van der Waals surface area contributed by atoms with Crippen LogP contribution in [0.4, 0.5) is 0 Å². The molecule has 0 bridgehead atoms. The average molecular weight is 695 g/mol. The van der Waals surface area contributed by atoms with Crippen molar-refractivity contribution >= 4 is 23.5 Å². The topological polar surface area (TPSA) is 186 Å². The van der Waals surface area contributed by atoms with Crippen molar-refractivity contribution in [1.29, 1.82) is 0 Å². The first-order valence-corrected chi connectivity index (χ1v) is 18.3. The lowest BCUT2D eigenvalue weighted by atomic mass is 9.44. The van der Waals surface area contributed by atoms with Crippen LogP contribution in [0.2, 0.25) is 0 Å². The first-order chi connectivity index (χ1) is 23.0. The SMILES string of the molecule is CC(=O)O[C@H]1CC[C@@]2(C)[C@@H](CC[C@@H]3[C@@H]2CC(=O)[C@]2(C)C([C@H](C)C(=O)CC[C@@H](C)CO[C@@H]4O[C@H](CO)[C@@H](O)[C@H](O)[C@H]4O)[C@@H](OC(C)=O)C[C@@H]32)C1. The van der Waals surface area contributed by atoms with Crippen LogP contribution in [0.25, 0.3) is 0 Å². The Kier molecular flexibility index (Phi) is 11.7. The van der Waals surface area contributed by atoms with E-state index in [9.17, 15) is 39.6 Å². The molecule has 4 aliphatic carbocycles. The molecule has 16 atom stereocenters. The molecule has 0 aromatic heterocycles. The highest BCUT2D eigenvalue weighted by Crippen LogP contribution is 2.67. The Labute approximate surface area is 289 Å². The molecule has 5 fully saturated rings. The molecule has 12 nitrogen and oxygen atoms in total. The Bertz CT molecular complexity index is 1240. The van der Waals surface area contributed by atoms with Crippen LogP contribution in [0, 0.1) is 52.3 Å². The summed E-state index contributed by atoms with van der Waals surface area (Å²) >= 11 is 0. The lowest BCUT2D eigenvalue weighted by molar-refractivity contribution is -0.303. The quantitative estimate of drug-likeness (QED) is 0.232. The van der Waals surface area contributed by atoms with Crippen LogP contribution in [-0.2, 0) is 38.1 Å². The molecule has 1 aliphatic heterocycles. The molecule has 0 aromatic carbocycles. The van der Waals surface area contributed by atoms with Gasteiger partial charge in [-0.1, -0.05) is 27.7 Å². The third kappa shape index (κ3) is 7.24. The van der Waals surface area contributed by atoms with E-state index in [1.807, 2.05) is 20.8 Å². The summed E-state index contributed by atoms with van der Waals surface area (Å²) in [6.07, 6.45) is -1.27. The van der Waals surface area contributed by atoms with Crippen molar-refractivity contribution in [2.75, 3.05) is 13.2 Å². The van der Waals surface area contributed by atoms with Gasteiger partial charge in [0, 0.05) is 43.9 Å². The summed E-state index contributed by atoms with van der Waals surface area (Å²) in [5.74, 6) is -0.779. The number of aliphatic hydroxyl groups is 4. The van der Waals surface area contributed by atoms with Gasteiger partial charge in [-0.2, -0.15) is 0 Å². The van der Waals surface area contributed by atoms with Crippen LogP contribution in [-0.4, -0.2) is 100 Å². The van der Waals surface area contributed by atoms with E-state index < -0.39 is 66.6 Å². The van der Waals surface area contributed by atoms with E-state index in [2.05, 4.69) is 6.92 Å². The Balaban J connectivity index is 1.25. The molecule has 5 aliphatic rings. The number of carbonyl (C=O) groups excluding carboxylic acids is 4. The first-order valence-electron chi connectivity index (χ1n) is 18.3. The maximum atomic E-state index is 14.4. The lowest BCUT2D eigenvalue weighted by Gasteiger charge is -2.60. The third-order valence-electron chi connectivity index (χ3n) is 13.5. The number of fused-ring (bicyclic) bond motifs is 5. The largest absolute Gasteiger partial charge is 0.463 e. The predicted octanol–water partition coefficient (Wildman–Crippen LogP) is 2.74. The van der Waals surface area contributed by atoms with Crippen molar-refractivity contribution in [1.82, 2.24) is 0 Å². The molecular formula is C37H58O12. The van der Waals surface area contributed by atoms with Crippen LogP contribution >= 0.6 is 0 Å². The minimum absolute atomic E-state index is 0.00169. The molecule has 0 spiro atoms. The van der Waals surface area contributed by atoms with Gasteiger partial charge >= 0.3 is 11.9 Å². The highest BCUT2D eigenvalue weighted by atomic mass is 16.7. The smallest absolute Gasteiger partial charge is 0.302 e. The van der Waals surface area contributed by atoms with Gasteiger partial charge in [0.1, 0.15) is 48.2 Å². The van der Waals surface area contributed by atoms with E-state index >= 15 is 0 Å². The molecule has 1 heterocycles. The van der Waals surface area contributed by atoms with E-state index in [-0.39, 0.29) is 65.8 Å². The van der Waals surface area contributed by atoms with E-state index in [0.29, 0.717) is 25.2 Å². The van der Waals surface area contributed by atoms with Gasteiger partial charge in [-0.05, 0) is 80.0 Å². The molecule has 1 saturated heterocycles. The summed E-state index contributed by atoms with van der Waals surface area (Å²) < 4.78 is 22.7. The number of hydrogen-bond acceptors (Lipinski definition) is 12. The van der Waals surface area contributed by atoms with Crippen LogP contribution in [0.15, 0.2) is 0 Å². The van der Waals surface area contributed by atoms with Gasteiger partial charge in [0.05, 0.1) is 13.2 Å². The van der Waals surface area contributed by atoms with Gasteiger partial charge in [0.25, 0.3) is 0 Å². The molecule has 4 saturated carbocycles. The zero-order valence-corrected chi connectivity index (χ0v) is 29.9. The van der Waals surface area contributed by atoms with Crippen LogP contribution in [0.5, 0.6) is 0 Å². The summed E-state index contributed by atoms with van der Waals surface area (Å²) in [5, 5.41) is 39.8. The molecule has 49 heavy (non-hydrogen) atoms. The Hall–Kier alpha value is -1.96. The maximum Gasteiger partial charge on any atom is 0.302 e. The number of carbonyl (C=O) groups is 4. The summed E-state index contributed by atoms with van der Waals surface area (Å²) in [6.45, 7) is 10.5.